The first-order chi connectivity index (χ1) is 20.1. The number of likely N-dealkylation sites (tertiary alicyclic amines) is 1. The molecule has 4 rings (SSSR count). The summed E-state index contributed by atoms with van der Waals surface area (Å²) < 4.78 is 38.2. The highest BCUT2D eigenvalue weighted by molar-refractivity contribution is 5.95. The Morgan fingerprint density at radius 3 is 2.52 bits per heavy atom. The largest absolute Gasteiger partial charge is 0.469 e. The summed E-state index contributed by atoms with van der Waals surface area (Å²) in [5.41, 5.74) is 1.88. The maximum Gasteiger partial charge on any atom is 0.308 e. The van der Waals surface area contributed by atoms with Crippen molar-refractivity contribution in [2.24, 2.45) is 5.92 Å². The second-order valence-corrected chi connectivity index (χ2v) is 11.3. The maximum absolute atomic E-state index is 14.0. The SMILES string of the molecule is COCC1CCCN1C(=O)c1cc(C)cc(C(O)NC(Cc2cc(F)cc(F)c2)C(O)C2CC(C(=O)OC)CCN2)c1. The number of aliphatic hydroxyl groups excluding tert-OH is 2. The van der Waals surface area contributed by atoms with Crippen molar-refractivity contribution in [2.75, 3.05) is 33.9 Å². The van der Waals surface area contributed by atoms with Gasteiger partial charge in [-0.3, -0.25) is 14.9 Å². The summed E-state index contributed by atoms with van der Waals surface area (Å²) in [7, 11) is 2.92. The zero-order valence-corrected chi connectivity index (χ0v) is 24.3. The Morgan fingerprint density at radius 1 is 1.10 bits per heavy atom. The van der Waals surface area contributed by atoms with Crippen molar-refractivity contribution in [3.05, 3.63) is 70.3 Å². The Hall–Kier alpha value is -2.96. The van der Waals surface area contributed by atoms with Crippen LogP contribution < -0.4 is 10.6 Å². The molecule has 2 aliphatic rings. The van der Waals surface area contributed by atoms with E-state index >= 15 is 0 Å². The number of hydrogen-bond acceptors (Lipinski definition) is 8. The van der Waals surface area contributed by atoms with E-state index in [9.17, 15) is 28.6 Å². The summed E-state index contributed by atoms with van der Waals surface area (Å²) in [4.78, 5) is 27.4. The number of halogens is 2. The monoisotopic (exact) mass is 589 g/mol. The molecule has 9 nitrogen and oxygen atoms in total. The number of carbonyl (C=O) groups is 2. The number of amides is 1. The molecule has 0 radical (unpaired) electrons. The van der Waals surface area contributed by atoms with Gasteiger partial charge in [0.15, 0.2) is 0 Å². The minimum Gasteiger partial charge on any atom is -0.469 e. The van der Waals surface area contributed by atoms with Crippen LogP contribution in [-0.4, -0.2) is 85.1 Å². The Balaban J connectivity index is 1.57. The summed E-state index contributed by atoms with van der Waals surface area (Å²) in [6.45, 7) is 3.36. The molecule has 4 N–H and O–H groups in total. The molecular weight excluding hydrogens is 548 g/mol. The van der Waals surface area contributed by atoms with Crippen LogP contribution in [0.5, 0.6) is 0 Å². The fourth-order valence-electron chi connectivity index (χ4n) is 6.16. The molecule has 0 saturated carbocycles. The van der Waals surface area contributed by atoms with E-state index in [1.54, 1.807) is 30.2 Å². The van der Waals surface area contributed by atoms with Crippen molar-refractivity contribution in [3.63, 3.8) is 0 Å². The number of nitrogens with one attached hydrogen (secondary N) is 2. The molecule has 2 aromatic carbocycles. The van der Waals surface area contributed by atoms with Gasteiger partial charge < -0.3 is 29.9 Å². The molecule has 1 amide bonds. The van der Waals surface area contributed by atoms with Crippen LogP contribution in [0.4, 0.5) is 8.78 Å². The standard InChI is InChI=1S/C31H41F2N3O6/c1-18-9-21(14-22(10-18)30(39)36-8-4-5-25(36)17-41-2)29(38)35-27(13-19-11-23(32)16-24(33)12-19)28(37)26-15-20(6-7-34-26)31(40)42-3/h9-12,14,16,20,25-29,34-35,37-38H,4-8,13,15,17H2,1-3H3. The lowest BCUT2D eigenvalue weighted by atomic mass is 9.86. The molecule has 2 aliphatic heterocycles. The van der Waals surface area contributed by atoms with E-state index in [2.05, 4.69) is 10.6 Å². The highest BCUT2D eigenvalue weighted by Gasteiger charge is 2.36. The number of methoxy groups -OCH3 is 2. The van der Waals surface area contributed by atoms with Crippen LogP contribution in [0.15, 0.2) is 36.4 Å². The predicted octanol–water partition coefficient (Wildman–Crippen LogP) is 2.62. The van der Waals surface area contributed by atoms with Gasteiger partial charge in [0, 0.05) is 37.4 Å². The first kappa shape index (κ1) is 32.0. The second kappa shape index (κ2) is 14.5. The zero-order chi connectivity index (χ0) is 30.4. The van der Waals surface area contributed by atoms with Crippen molar-refractivity contribution in [3.8, 4) is 0 Å². The average Bonchev–Trinajstić information content (AvgIpc) is 3.43. The van der Waals surface area contributed by atoms with Crippen LogP contribution in [0.25, 0.3) is 0 Å². The molecule has 6 unspecified atom stereocenters. The maximum atomic E-state index is 14.0. The number of rotatable bonds is 11. The van der Waals surface area contributed by atoms with E-state index in [1.165, 1.54) is 19.2 Å². The molecule has 2 heterocycles. The Kier molecular flexibility index (Phi) is 11.0. The van der Waals surface area contributed by atoms with E-state index < -0.39 is 42.0 Å². The number of aliphatic hydroxyl groups is 2. The van der Waals surface area contributed by atoms with Crippen LogP contribution in [0.3, 0.4) is 0 Å². The van der Waals surface area contributed by atoms with Gasteiger partial charge in [0.05, 0.1) is 31.8 Å². The van der Waals surface area contributed by atoms with Gasteiger partial charge in [-0.25, -0.2) is 8.78 Å². The van der Waals surface area contributed by atoms with Gasteiger partial charge in [-0.1, -0.05) is 6.07 Å². The normalized spacial score (nSPS) is 22.9. The number of hydrogen-bond donors (Lipinski definition) is 4. The number of aryl methyl sites for hydroxylation is 1. The minimum absolute atomic E-state index is 0.0158. The fourth-order valence-corrected chi connectivity index (χ4v) is 6.16. The molecule has 0 spiro atoms. The molecule has 0 aliphatic carbocycles. The van der Waals surface area contributed by atoms with Gasteiger partial charge in [0.1, 0.15) is 17.9 Å². The third-order valence-electron chi connectivity index (χ3n) is 8.21. The molecule has 2 fully saturated rings. The number of piperidine rings is 1. The molecule has 0 aromatic heterocycles. The molecule has 2 aromatic rings. The summed E-state index contributed by atoms with van der Waals surface area (Å²) in [6, 6.07) is 6.81. The summed E-state index contributed by atoms with van der Waals surface area (Å²) in [5, 5.41) is 29.0. The van der Waals surface area contributed by atoms with E-state index in [0.29, 0.717) is 43.7 Å². The van der Waals surface area contributed by atoms with Crippen LogP contribution in [0, 0.1) is 24.5 Å². The lowest BCUT2D eigenvalue weighted by molar-refractivity contribution is -0.147. The molecule has 0 bridgehead atoms. The van der Waals surface area contributed by atoms with Crippen LogP contribution in [0.2, 0.25) is 0 Å². The number of carbonyl (C=O) groups excluding carboxylic acids is 2. The van der Waals surface area contributed by atoms with Gasteiger partial charge in [0.2, 0.25) is 0 Å². The Morgan fingerprint density at radius 2 is 1.83 bits per heavy atom. The third-order valence-corrected chi connectivity index (χ3v) is 8.21. The summed E-state index contributed by atoms with van der Waals surface area (Å²) >= 11 is 0. The highest BCUT2D eigenvalue weighted by atomic mass is 19.1. The lowest BCUT2D eigenvalue weighted by Gasteiger charge is -2.37. The Labute approximate surface area is 245 Å². The number of esters is 1. The van der Waals surface area contributed by atoms with E-state index in [0.717, 1.165) is 24.5 Å². The first-order valence-corrected chi connectivity index (χ1v) is 14.4. The Bertz CT molecular complexity index is 1230. The van der Waals surface area contributed by atoms with Crippen molar-refractivity contribution in [2.45, 2.75) is 69.5 Å². The van der Waals surface area contributed by atoms with Gasteiger partial charge in [0.25, 0.3) is 5.91 Å². The molecule has 11 heteroatoms. The quantitative estimate of drug-likeness (QED) is 0.233. The topological polar surface area (TPSA) is 120 Å². The smallest absolute Gasteiger partial charge is 0.308 e. The molecule has 2 saturated heterocycles. The van der Waals surface area contributed by atoms with Gasteiger partial charge in [-0.05, 0) is 86.5 Å². The first-order valence-electron chi connectivity index (χ1n) is 14.4. The number of nitrogens with zero attached hydrogens (tertiary/aromatic N) is 1. The van der Waals surface area contributed by atoms with E-state index in [4.69, 9.17) is 9.47 Å². The highest BCUT2D eigenvalue weighted by Crippen LogP contribution is 2.26. The number of ether oxygens (including phenoxy) is 2. The lowest BCUT2D eigenvalue weighted by Crippen LogP contribution is -2.56. The number of benzene rings is 2. The van der Waals surface area contributed by atoms with E-state index in [-0.39, 0.29) is 29.9 Å². The van der Waals surface area contributed by atoms with Crippen LogP contribution in [0.1, 0.15) is 59.0 Å². The molecular formula is C31H41F2N3O6. The minimum atomic E-state index is -1.32. The van der Waals surface area contributed by atoms with E-state index in [1.807, 2.05) is 6.92 Å². The van der Waals surface area contributed by atoms with Crippen molar-refractivity contribution in [1.82, 2.24) is 15.5 Å². The van der Waals surface area contributed by atoms with Crippen molar-refractivity contribution in [1.29, 1.82) is 0 Å². The summed E-state index contributed by atoms with van der Waals surface area (Å²) in [6.07, 6.45) is 0.100. The van der Waals surface area contributed by atoms with Crippen molar-refractivity contribution >= 4 is 11.9 Å². The van der Waals surface area contributed by atoms with Crippen molar-refractivity contribution < 1.29 is 38.1 Å². The van der Waals surface area contributed by atoms with Gasteiger partial charge in [-0.15, -0.1) is 0 Å². The molecule has 42 heavy (non-hydrogen) atoms. The predicted molar refractivity (Wildman–Crippen MR) is 152 cm³/mol. The van der Waals surface area contributed by atoms with Crippen LogP contribution in [-0.2, 0) is 20.7 Å². The average molecular weight is 590 g/mol. The van der Waals surface area contributed by atoms with Gasteiger partial charge >= 0.3 is 5.97 Å². The van der Waals surface area contributed by atoms with Crippen LogP contribution >= 0.6 is 0 Å². The third kappa shape index (κ3) is 7.90. The molecule has 230 valence electrons. The zero-order valence-electron chi connectivity index (χ0n) is 24.3. The molecule has 6 atom stereocenters. The van der Waals surface area contributed by atoms with Gasteiger partial charge in [-0.2, -0.15) is 0 Å². The summed E-state index contributed by atoms with van der Waals surface area (Å²) in [5.74, 6) is -2.44. The second-order valence-electron chi connectivity index (χ2n) is 11.3. The fraction of sp³-hybridized carbons (Fsp3) is 0.548.